The van der Waals surface area contributed by atoms with Crippen LogP contribution in [0, 0.1) is 5.41 Å². The summed E-state index contributed by atoms with van der Waals surface area (Å²) in [5, 5.41) is 2.81. The van der Waals surface area contributed by atoms with E-state index in [2.05, 4.69) is 5.32 Å². The molecule has 2 rings (SSSR count). The van der Waals surface area contributed by atoms with Crippen LogP contribution in [0.4, 0.5) is 8.78 Å². The maximum atomic E-state index is 13.4. The fourth-order valence-corrected chi connectivity index (χ4v) is 3.35. The van der Waals surface area contributed by atoms with Crippen molar-refractivity contribution in [3.05, 3.63) is 0 Å². The van der Waals surface area contributed by atoms with E-state index in [0.717, 1.165) is 11.5 Å². The Morgan fingerprint density at radius 3 is 2.25 bits per heavy atom. The second-order valence-corrected chi connectivity index (χ2v) is 4.93. The molecule has 0 aromatic carbocycles. The van der Waals surface area contributed by atoms with Crippen LogP contribution in [0.25, 0.3) is 0 Å². The summed E-state index contributed by atoms with van der Waals surface area (Å²) in [5.41, 5.74) is -0.696. The minimum absolute atomic E-state index is 0.113. The van der Waals surface area contributed by atoms with Crippen molar-refractivity contribution in [2.24, 2.45) is 5.41 Å². The van der Waals surface area contributed by atoms with Crippen LogP contribution in [-0.4, -0.2) is 30.5 Å². The molecule has 1 nitrogen and oxygen atoms in total. The van der Waals surface area contributed by atoms with Crippen LogP contribution < -0.4 is 5.32 Å². The summed E-state index contributed by atoms with van der Waals surface area (Å²) in [6, 6.07) is 0. The highest BCUT2D eigenvalue weighted by molar-refractivity contribution is 7.99. The maximum absolute atomic E-state index is 13.4. The molecule has 0 unspecified atom stereocenters. The van der Waals surface area contributed by atoms with Gasteiger partial charge >= 0.3 is 0 Å². The number of alkyl halides is 2. The van der Waals surface area contributed by atoms with Crippen LogP contribution >= 0.6 is 11.8 Å². The number of halogens is 2. The fourth-order valence-electron chi connectivity index (χ4n) is 2.08. The first kappa shape index (κ1) is 8.75. The number of thioether (sulfide) groups is 1. The summed E-state index contributed by atoms with van der Waals surface area (Å²) < 4.78 is 26.8. The molecule has 1 spiro atoms. The molecule has 12 heavy (non-hydrogen) atoms. The molecular formula is C8H13F2NS. The summed E-state index contributed by atoms with van der Waals surface area (Å²) in [4.78, 5) is 0. The normalized spacial score (nSPS) is 32.5. The lowest BCUT2D eigenvalue weighted by atomic mass is 9.78. The molecule has 0 radical (unpaired) electrons. The van der Waals surface area contributed by atoms with Gasteiger partial charge in [0.05, 0.1) is 6.54 Å². The molecule has 2 saturated heterocycles. The van der Waals surface area contributed by atoms with Gasteiger partial charge in [-0.1, -0.05) is 0 Å². The Morgan fingerprint density at radius 1 is 1.08 bits per heavy atom. The zero-order valence-electron chi connectivity index (χ0n) is 6.91. The van der Waals surface area contributed by atoms with E-state index < -0.39 is 11.3 Å². The van der Waals surface area contributed by atoms with Crippen molar-refractivity contribution in [1.29, 1.82) is 0 Å². The van der Waals surface area contributed by atoms with E-state index in [1.807, 2.05) is 0 Å². The van der Waals surface area contributed by atoms with Crippen molar-refractivity contribution in [3.63, 3.8) is 0 Å². The molecule has 2 heterocycles. The van der Waals surface area contributed by atoms with E-state index in [0.29, 0.717) is 19.4 Å². The predicted octanol–water partition coefficient (Wildman–Crippen LogP) is 1.74. The van der Waals surface area contributed by atoms with Crippen LogP contribution in [0.15, 0.2) is 0 Å². The van der Waals surface area contributed by atoms with E-state index in [-0.39, 0.29) is 6.54 Å². The molecule has 0 aromatic rings. The van der Waals surface area contributed by atoms with Crippen molar-refractivity contribution in [1.82, 2.24) is 5.32 Å². The first-order valence-electron chi connectivity index (χ1n) is 4.33. The van der Waals surface area contributed by atoms with Crippen molar-refractivity contribution in [3.8, 4) is 0 Å². The van der Waals surface area contributed by atoms with E-state index in [1.165, 1.54) is 0 Å². The van der Waals surface area contributed by atoms with Crippen molar-refractivity contribution in [2.75, 3.05) is 24.6 Å². The third-order valence-corrected chi connectivity index (χ3v) is 4.02. The average Bonchev–Trinajstić information content (AvgIpc) is 2.30. The number of hydrogen-bond acceptors (Lipinski definition) is 2. The molecule has 4 heteroatoms. The molecule has 70 valence electrons. The first-order valence-corrected chi connectivity index (χ1v) is 5.48. The van der Waals surface area contributed by atoms with Gasteiger partial charge in [0, 0.05) is 12.0 Å². The van der Waals surface area contributed by atoms with Gasteiger partial charge in [-0.25, -0.2) is 8.78 Å². The standard InChI is InChI=1S/C8H13F2NS/c9-8(10)6-11-5-7(8)1-3-12-4-2-7/h11H,1-6H2. The second kappa shape index (κ2) is 2.84. The zero-order chi connectivity index (χ0) is 8.66. The van der Waals surface area contributed by atoms with Crippen LogP contribution in [0.2, 0.25) is 0 Å². The van der Waals surface area contributed by atoms with Crippen LogP contribution in [0.5, 0.6) is 0 Å². The largest absolute Gasteiger partial charge is 0.310 e. The highest BCUT2D eigenvalue weighted by Gasteiger charge is 2.56. The van der Waals surface area contributed by atoms with Crippen molar-refractivity contribution >= 4 is 11.8 Å². The van der Waals surface area contributed by atoms with E-state index in [9.17, 15) is 8.78 Å². The van der Waals surface area contributed by atoms with Gasteiger partial charge in [-0.3, -0.25) is 0 Å². The van der Waals surface area contributed by atoms with Gasteiger partial charge in [0.2, 0.25) is 0 Å². The second-order valence-electron chi connectivity index (χ2n) is 3.70. The lowest BCUT2D eigenvalue weighted by molar-refractivity contribution is -0.0871. The Morgan fingerprint density at radius 2 is 1.75 bits per heavy atom. The van der Waals surface area contributed by atoms with Gasteiger partial charge in [-0.05, 0) is 24.3 Å². The minimum atomic E-state index is -2.46. The molecule has 0 aromatic heterocycles. The number of nitrogens with one attached hydrogen (secondary N) is 1. The van der Waals surface area contributed by atoms with E-state index in [4.69, 9.17) is 0 Å². The molecule has 2 fully saturated rings. The Kier molecular flexibility index (Phi) is 2.07. The van der Waals surface area contributed by atoms with Crippen molar-refractivity contribution < 1.29 is 8.78 Å². The van der Waals surface area contributed by atoms with Gasteiger partial charge < -0.3 is 5.32 Å². The monoisotopic (exact) mass is 193 g/mol. The summed E-state index contributed by atoms with van der Waals surface area (Å²) >= 11 is 1.80. The van der Waals surface area contributed by atoms with Gasteiger partial charge in [0.1, 0.15) is 0 Å². The zero-order valence-corrected chi connectivity index (χ0v) is 7.72. The maximum Gasteiger partial charge on any atom is 0.267 e. The Bertz CT molecular complexity index is 178. The highest BCUT2D eigenvalue weighted by Crippen LogP contribution is 2.48. The van der Waals surface area contributed by atoms with Crippen molar-refractivity contribution in [2.45, 2.75) is 18.8 Å². The summed E-state index contributed by atoms with van der Waals surface area (Å²) in [6.07, 6.45) is 1.36. The van der Waals surface area contributed by atoms with Crippen LogP contribution in [0.3, 0.4) is 0 Å². The molecule has 2 aliphatic rings. The smallest absolute Gasteiger partial charge is 0.267 e. The highest BCUT2D eigenvalue weighted by atomic mass is 32.2. The quantitative estimate of drug-likeness (QED) is 0.629. The Labute approximate surface area is 75.3 Å². The summed E-state index contributed by atoms with van der Waals surface area (Å²) in [6.45, 7) is 0.401. The molecule has 0 amide bonds. The third-order valence-electron chi connectivity index (χ3n) is 3.04. The SMILES string of the molecule is FC1(F)CNCC12CCSCC2. The van der Waals surface area contributed by atoms with E-state index in [1.54, 1.807) is 11.8 Å². The molecular weight excluding hydrogens is 180 g/mol. The van der Waals surface area contributed by atoms with Gasteiger partial charge in [0.25, 0.3) is 5.92 Å². The molecule has 1 N–H and O–H groups in total. The molecule has 0 saturated carbocycles. The third kappa shape index (κ3) is 1.16. The average molecular weight is 193 g/mol. The van der Waals surface area contributed by atoms with Gasteiger partial charge in [-0.15, -0.1) is 0 Å². The predicted molar refractivity (Wildman–Crippen MR) is 46.8 cm³/mol. The van der Waals surface area contributed by atoms with Crippen LogP contribution in [-0.2, 0) is 0 Å². The lowest BCUT2D eigenvalue weighted by Gasteiger charge is -2.37. The topological polar surface area (TPSA) is 12.0 Å². The van der Waals surface area contributed by atoms with Gasteiger partial charge in [-0.2, -0.15) is 11.8 Å². The minimum Gasteiger partial charge on any atom is -0.310 e. The Hall–Kier alpha value is 0.170. The Balaban J connectivity index is 2.17. The van der Waals surface area contributed by atoms with E-state index >= 15 is 0 Å². The number of hydrogen-bond donors (Lipinski definition) is 1. The first-order chi connectivity index (χ1) is 5.66. The molecule has 2 aliphatic heterocycles. The molecule has 0 bridgehead atoms. The fraction of sp³-hybridized carbons (Fsp3) is 1.00. The summed E-state index contributed by atoms with van der Waals surface area (Å²) in [5.74, 6) is -0.664. The lowest BCUT2D eigenvalue weighted by Crippen LogP contribution is -2.42. The summed E-state index contributed by atoms with van der Waals surface area (Å²) in [7, 11) is 0. The van der Waals surface area contributed by atoms with Crippen LogP contribution in [0.1, 0.15) is 12.8 Å². The molecule has 0 atom stereocenters. The molecule has 0 aliphatic carbocycles. The number of rotatable bonds is 0. The van der Waals surface area contributed by atoms with Gasteiger partial charge in [0.15, 0.2) is 0 Å².